The van der Waals surface area contributed by atoms with Crippen LogP contribution in [-0.4, -0.2) is 60.6 Å². The fourth-order valence-electron chi connectivity index (χ4n) is 3.78. The Bertz CT molecular complexity index is 1210. The first-order valence-corrected chi connectivity index (χ1v) is 13.0. The number of alkyl halides is 3. The summed E-state index contributed by atoms with van der Waals surface area (Å²) in [6.45, 7) is 1.77. The normalized spacial score (nSPS) is 14.1. The smallest absolute Gasteiger partial charge is 0.416 e. The Balaban J connectivity index is 1.25. The number of rotatable bonds is 8. The van der Waals surface area contributed by atoms with Gasteiger partial charge in [0.25, 0.3) is 0 Å². The van der Waals surface area contributed by atoms with Crippen molar-refractivity contribution in [3.63, 3.8) is 0 Å². The van der Waals surface area contributed by atoms with Crippen molar-refractivity contribution in [3.05, 3.63) is 70.7 Å². The second-order valence-corrected chi connectivity index (χ2v) is 10.2. The van der Waals surface area contributed by atoms with Crippen molar-refractivity contribution < 1.29 is 27.5 Å². The second kappa shape index (κ2) is 11.3. The predicted octanol–water partition coefficient (Wildman–Crippen LogP) is 5.04. The fraction of sp³-hybridized carbons (Fsp3) is 0.320. The van der Waals surface area contributed by atoms with Crippen LogP contribution in [0.1, 0.15) is 21.6 Å². The first-order chi connectivity index (χ1) is 17.2. The van der Waals surface area contributed by atoms with E-state index in [1.54, 1.807) is 42.3 Å². The molecule has 0 radical (unpaired) electrons. The first kappa shape index (κ1) is 26.0. The molecule has 2 aromatic carbocycles. The van der Waals surface area contributed by atoms with Crippen molar-refractivity contribution in [1.82, 2.24) is 9.88 Å². The Hall–Kier alpha value is -3.05. The first-order valence-electron chi connectivity index (χ1n) is 11.2. The monoisotopic (exact) mass is 535 g/mol. The van der Waals surface area contributed by atoms with E-state index in [2.05, 4.69) is 4.98 Å². The molecule has 1 amide bonds. The Labute approximate surface area is 215 Å². The summed E-state index contributed by atoms with van der Waals surface area (Å²) in [5, 5.41) is 1.82. The lowest BCUT2D eigenvalue weighted by molar-refractivity contribution is -0.137. The van der Waals surface area contributed by atoms with Crippen LogP contribution in [0, 0.1) is 0 Å². The molecule has 0 spiro atoms. The molecule has 0 saturated carbocycles. The maximum absolute atomic E-state index is 13.0. The number of carbonyl (C=O) groups is 2. The molecule has 0 N–H and O–H groups in total. The van der Waals surface area contributed by atoms with Crippen molar-refractivity contribution in [2.75, 3.05) is 43.9 Å². The second-order valence-electron chi connectivity index (χ2n) is 8.14. The number of thioether (sulfide) groups is 1. The number of thiazole rings is 1. The van der Waals surface area contributed by atoms with Gasteiger partial charge in [0, 0.05) is 42.8 Å². The van der Waals surface area contributed by atoms with E-state index in [9.17, 15) is 22.8 Å². The van der Waals surface area contributed by atoms with Gasteiger partial charge in [0.15, 0.2) is 10.1 Å². The quantitative estimate of drug-likeness (QED) is 0.298. The molecule has 0 aliphatic carbocycles. The number of anilines is 1. The summed E-state index contributed by atoms with van der Waals surface area (Å²) in [5.74, 6) is 0.833. The Morgan fingerprint density at radius 2 is 1.81 bits per heavy atom. The van der Waals surface area contributed by atoms with Gasteiger partial charge in [-0.05, 0) is 42.5 Å². The number of aromatic nitrogens is 1. The number of halogens is 3. The van der Waals surface area contributed by atoms with Gasteiger partial charge in [0.2, 0.25) is 5.91 Å². The van der Waals surface area contributed by atoms with Crippen LogP contribution in [0.5, 0.6) is 5.75 Å². The average molecular weight is 536 g/mol. The summed E-state index contributed by atoms with van der Waals surface area (Å²) in [6, 6.07) is 12.2. The molecule has 190 valence electrons. The number of piperazine rings is 1. The lowest BCUT2D eigenvalue weighted by atomic mass is 10.1. The number of Topliss-reactive ketones (excluding diaryl/α,β-unsaturated/α-hetero) is 1. The van der Waals surface area contributed by atoms with Crippen LogP contribution >= 0.6 is 23.1 Å². The van der Waals surface area contributed by atoms with E-state index < -0.39 is 11.7 Å². The maximum Gasteiger partial charge on any atom is 0.416 e. The maximum atomic E-state index is 13.0. The predicted molar refractivity (Wildman–Crippen MR) is 134 cm³/mol. The van der Waals surface area contributed by atoms with Gasteiger partial charge in [-0.3, -0.25) is 9.59 Å². The third kappa shape index (κ3) is 6.58. The van der Waals surface area contributed by atoms with Gasteiger partial charge in [-0.25, -0.2) is 4.98 Å². The molecule has 1 saturated heterocycles. The Morgan fingerprint density at radius 3 is 2.47 bits per heavy atom. The highest BCUT2D eigenvalue weighted by Crippen LogP contribution is 2.32. The minimum atomic E-state index is -4.39. The summed E-state index contributed by atoms with van der Waals surface area (Å²) < 4.78 is 44.8. The minimum absolute atomic E-state index is 0.0193. The van der Waals surface area contributed by atoms with Gasteiger partial charge < -0.3 is 14.5 Å². The third-order valence-corrected chi connectivity index (χ3v) is 7.84. The Kier molecular flexibility index (Phi) is 8.20. The summed E-state index contributed by atoms with van der Waals surface area (Å²) in [6.07, 6.45) is -4.24. The molecule has 0 unspecified atom stereocenters. The number of amides is 1. The lowest BCUT2D eigenvalue weighted by Gasteiger charge is -2.36. The van der Waals surface area contributed by atoms with Crippen molar-refractivity contribution in [3.8, 4) is 5.75 Å². The number of hydrogen-bond donors (Lipinski definition) is 0. The molecule has 1 aliphatic rings. The van der Waals surface area contributed by atoms with Crippen molar-refractivity contribution in [1.29, 1.82) is 0 Å². The van der Waals surface area contributed by atoms with Crippen molar-refractivity contribution in [2.45, 2.75) is 16.9 Å². The number of benzene rings is 2. The van der Waals surface area contributed by atoms with Crippen LogP contribution in [0.3, 0.4) is 0 Å². The molecule has 6 nitrogen and oxygen atoms in total. The number of hydrogen-bond acceptors (Lipinski definition) is 7. The number of nitrogens with zero attached hydrogens (tertiary/aromatic N) is 3. The van der Waals surface area contributed by atoms with Crippen molar-refractivity contribution in [2.24, 2.45) is 0 Å². The molecule has 4 rings (SSSR count). The van der Waals surface area contributed by atoms with Crippen LogP contribution in [0.25, 0.3) is 0 Å². The topological polar surface area (TPSA) is 62.7 Å². The molecule has 1 aromatic heterocycles. The third-order valence-electron chi connectivity index (χ3n) is 5.77. The summed E-state index contributed by atoms with van der Waals surface area (Å²) in [7, 11) is 1.57. The summed E-state index contributed by atoms with van der Waals surface area (Å²) >= 11 is 2.72. The molecule has 36 heavy (non-hydrogen) atoms. The van der Waals surface area contributed by atoms with Gasteiger partial charge in [-0.1, -0.05) is 17.8 Å². The van der Waals surface area contributed by atoms with Crippen LogP contribution in [0.4, 0.5) is 18.9 Å². The molecule has 1 aliphatic heterocycles. The number of methoxy groups -OCH3 is 1. The van der Waals surface area contributed by atoms with Gasteiger partial charge >= 0.3 is 6.18 Å². The molecule has 0 atom stereocenters. The average Bonchev–Trinajstić information content (AvgIpc) is 3.34. The van der Waals surface area contributed by atoms with E-state index in [4.69, 9.17) is 4.74 Å². The summed E-state index contributed by atoms with van der Waals surface area (Å²) in [5.41, 5.74) is 1.06. The van der Waals surface area contributed by atoms with Gasteiger partial charge in [0.1, 0.15) is 5.75 Å². The van der Waals surface area contributed by atoms with Gasteiger partial charge in [-0.2, -0.15) is 13.2 Å². The van der Waals surface area contributed by atoms with Crippen LogP contribution < -0.4 is 9.64 Å². The molecule has 2 heterocycles. The molecular formula is C25H24F3N3O3S2. The van der Waals surface area contributed by atoms with E-state index in [1.807, 2.05) is 10.3 Å². The van der Waals surface area contributed by atoms with Gasteiger partial charge in [0.05, 0.1) is 30.5 Å². The number of ether oxygens (including phenoxy) is 1. The van der Waals surface area contributed by atoms with E-state index in [0.29, 0.717) is 53.2 Å². The minimum Gasteiger partial charge on any atom is -0.497 e. The molecular weight excluding hydrogens is 511 g/mol. The van der Waals surface area contributed by atoms with Crippen LogP contribution in [-0.2, 0) is 17.4 Å². The highest BCUT2D eigenvalue weighted by atomic mass is 32.2. The fourth-order valence-corrected chi connectivity index (χ4v) is 5.52. The number of ketones is 1. The summed E-state index contributed by atoms with van der Waals surface area (Å²) in [4.78, 5) is 33.2. The van der Waals surface area contributed by atoms with E-state index >= 15 is 0 Å². The largest absolute Gasteiger partial charge is 0.497 e. The van der Waals surface area contributed by atoms with E-state index in [1.165, 1.54) is 29.2 Å². The van der Waals surface area contributed by atoms with E-state index in [0.717, 1.165) is 12.1 Å². The molecule has 11 heteroatoms. The van der Waals surface area contributed by atoms with Crippen LogP contribution in [0.2, 0.25) is 0 Å². The molecule has 3 aromatic rings. The van der Waals surface area contributed by atoms with Crippen molar-refractivity contribution >= 4 is 40.5 Å². The molecule has 0 bridgehead atoms. The SMILES string of the molecule is COc1ccc(C(=O)CSc2nc(CC(=O)N3CCN(c4cccc(C(F)(F)F)c4)CC3)cs2)cc1. The zero-order chi connectivity index (χ0) is 25.7. The highest BCUT2D eigenvalue weighted by Gasteiger charge is 2.31. The molecule has 1 fully saturated rings. The number of carbonyl (C=O) groups excluding carboxylic acids is 2. The zero-order valence-corrected chi connectivity index (χ0v) is 21.1. The van der Waals surface area contributed by atoms with Crippen LogP contribution in [0.15, 0.2) is 58.3 Å². The van der Waals surface area contributed by atoms with Gasteiger partial charge in [-0.15, -0.1) is 11.3 Å². The highest BCUT2D eigenvalue weighted by molar-refractivity contribution is 8.01. The zero-order valence-electron chi connectivity index (χ0n) is 19.5. The standard InChI is InChI=1S/C25H24F3N3O3S2/c1-34-21-7-5-17(6-8-21)22(32)16-36-24-29-19(15-35-24)14-23(33)31-11-9-30(10-12-31)20-4-2-3-18(13-20)25(26,27)28/h2-8,13,15H,9-12,14,16H2,1H3. The van der Waals surface area contributed by atoms with E-state index in [-0.39, 0.29) is 23.9 Å². The Morgan fingerprint density at radius 1 is 1.08 bits per heavy atom. The lowest BCUT2D eigenvalue weighted by Crippen LogP contribution is -2.49.